The fourth-order valence-corrected chi connectivity index (χ4v) is 1.18. The molecular formula is C8H8BClO3. The molecule has 0 atom stereocenters. The first-order valence-electron chi connectivity index (χ1n) is 3.73. The summed E-state index contributed by atoms with van der Waals surface area (Å²) in [6, 6.07) is 6.44. The van der Waals surface area contributed by atoms with Crippen molar-refractivity contribution in [3.05, 3.63) is 29.8 Å². The van der Waals surface area contributed by atoms with Crippen molar-refractivity contribution in [2.24, 2.45) is 0 Å². The molecule has 0 spiro atoms. The van der Waals surface area contributed by atoms with Crippen LogP contribution in [0.2, 0.25) is 0 Å². The Morgan fingerprint density at radius 1 is 1.46 bits per heavy atom. The lowest BCUT2D eigenvalue weighted by Crippen LogP contribution is -2.29. The molecule has 1 aromatic rings. The van der Waals surface area contributed by atoms with E-state index in [1.54, 1.807) is 18.2 Å². The summed E-state index contributed by atoms with van der Waals surface area (Å²) in [6.45, 7) is 0. The van der Waals surface area contributed by atoms with Crippen molar-refractivity contribution in [3.8, 4) is 0 Å². The Kier molecular flexibility index (Phi) is 3.48. The number of hydrogen-bond acceptors (Lipinski definition) is 3. The number of benzene rings is 1. The second-order valence-corrected chi connectivity index (χ2v) is 3.07. The molecule has 0 aromatic heterocycles. The molecule has 0 aliphatic rings. The van der Waals surface area contributed by atoms with Crippen molar-refractivity contribution < 1.29 is 14.8 Å². The molecule has 0 unspecified atom stereocenters. The molecule has 3 nitrogen and oxygen atoms in total. The molecule has 0 heterocycles. The molecule has 0 aliphatic heterocycles. The lowest BCUT2D eigenvalue weighted by Gasteiger charge is -2.01. The third kappa shape index (κ3) is 3.18. The van der Waals surface area contributed by atoms with Crippen LogP contribution in [0.5, 0.6) is 0 Å². The van der Waals surface area contributed by atoms with Crippen molar-refractivity contribution in [1.29, 1.82) is 0 Å². The highest BCUT2D eigenvalue weighted by atomic mass is 35.5. The molecule has 5 heteroatoms. The number of rotatable bonds is 3. The van der Waals surface area contributed by atoms with Gasteiger partial charge in [-0.1, -0.05) is 24.3 Å². The zero-order chi connectivity index (χ0) is 9.84. The van der Waals surface area contributed by atoms with E-state index in [0.717, 1.165) is 0 Å². The van der Waals surface area contributed by atoms with Gasteiger partial charge in [0.2, 0.25) is 5.24 Å². The van der Waals surface area contributed by atoms with E-state index in [1.807, 2.05) is 0 Å². The van der Waals surface area contributed by atoms with E-state index in [0.29, 0.717) is 11.0 Å². The Bertz CT molecular complexity index is 314. The largest absolute Gasteiger partial charge is 0.488 e. The number of hydrogen-bond donors (Lipinski definition) is 2. The highest BCUT2D eigenvalue weighted by Crippen LogP contribution is 2.00. The normalized spacial score (nSPS) is 9.77. The summed E-state index contributed by atoms with van der Waals surface area (Å²) in [7, 11) is -1.51. The molecule has 68 valence electrons. The van der Waals surface area contributed by atoms with Crippen molar-refractivity contribution in [3.63, 3.8) is 0 Å². The molecule has 1 aromatic carbocycles. The topological polar surface area (TPSA) is 57.5 Å². The van der Waals surface area contributed by atoms with E-state index in [2.05, 4.69) is 0 Å². The first kappa shape index (κ1) is 10.2. The second-order valence-electron chi connectivity index (χ2n) is 2.65. The quantitative estimate of drug-likeness (QED) is 0.517. The minimum Gasteiger partial charge on any atom is -0.423 e. The Labute approximate surface area is 81.1 Å². The van der Waals surface area contributed by atoms with E-state index >= 15 is 0 Å². The number of halogens is 1. The van der Waals surface area contributed by atoms with Gasteiger partial charge in [0.1, 0.15) is 0 Å². The predicted molar refractivity (Wildman–Crippen MR) is 50.8 cm³/mol. The average molecular weight is 198 g/mol. The van der Waals surface area contributed by atoms with Crippen LogP contribution in [-0.4, -0.2) is 22.4 Å². The van der Waals surface area contributed by atoms with Crippen molar-refractivity contribution in [1.82, 2.24) is 0 Å². The minimum atomic E-state index is -1.51. The third-order valence-corrected chi connectivity index (χ3v) is 1.73. The number of carbonyl (C=O) groups excluding carboxylic acids is 1. The first-order valence-corrected chi connectivity index (χ1v) is 4.10. The van der Waals surface area contributed by atoms with Crippen LogP contribution in [0.15, 0.2) is 24.3 Å². The highest BCUT2D eigenvalue weighted by Gasteiger charge is 2.11. The van der Waals surface area contributed by atoms with Crippen LogP contribution in [0, 0.1) is 0 Å². The molecule has 13 heavy (non-hydrogen) atoms. The highest BCUT2D eigenvalue weighted by molar-refractivity contribution is 6.63. The van der Waals surface area contributed by atoms with Gasteiger partial charge >= 0.3 is 7.12 Å². The minimum absolute atomic E-state index is 0.0993. The monoisotopic (exact) mass is 198 g/mol. The van der Waals surface area contributed by atoms with E-state index in [4.69, 9.17) is 21.6 Å². The van der Waals surface area contributed by atoms with E-state index in [-0.39, 0.29) is 6.42 Å². The molecule has 0 saturated heterocycles. The Morgan fingerprint density at radius 3 is 2.69 bits per heavy atom. The van der Waals surface area contributed by atoms with Gasteiger partial charge < -0.3 is 10.0 Å². The lowest BCUT2D eigenvalue weighted by atomic mass is 9.79. The summed E-state index contributed by atoms with van der Waals surface area (Å²) < 4.78 is 0. The average Bonchev–Trinajstić information content (AvgIpc) is 2.03. The second kappa shape index (κ2) is 4.41. The molecule has 0 aliphatic carbocycles. The molecular weight excluding hydrogens is 190 g/mol. The van der Waals surface area contributed by atoms with Crippen LogP contribution < -0.4 is 5.46 Å². The van der Waals surface area contributed by atoms with Gasteiger partial charge in [-0.15, -0.1) is 0 Å². The summed E-state index contributed by atoms with van der Waals surface area (Å²) in [5.41, 5.74) is 1.03. The van der Waals surface area contributed by atoms with Gasteiger partial charge in [0.05, 0.1) is 0 Å². The summed E-state index contributed by atoms with van der Waals surface area (Å²) >= 11 is 5.18. The maximum atomic E-state index is 10.5. The fourth-order valence-electron chi connectivity index (χ4n) is 1.02. The van der Waals surface area contributed by atoms with Gasteiger partial charge in [0.25, 0.3) is 0 Å². The molecule has 0 amide bonds. The van der Waals surface area contributed by atoms with E-state index in [9.17, 15) is 4.79 Å². The van der Waals surface area contributed by atoms with Crippen LogP contribution in [0.25, 0.3) is 0 Å². The lowest BCUT2D eigenvalue weighted by molar-refractivity contribution is -0.111. The third-order valence-electron chi connectivity index (χ3n) is 1.59. The van der Waals surface area contributed by atoms with Gasteiger partial charge in [0, 0.05) is 6.42 Å². The smallest absolute Gasteiger partial charge is 0.423 e. The Morgan fingerprint density at radius 2 is 2.15 bits per heavy atom. The van der Waals surface area contributed by atoms with Crippen molar-refractivity contribution >= 4 is 29.4 Å². The standard InChI is InChI=1S/C8H8BClO3/c10-8(11)5-6-2-1-3-7(4-6)9(12)13/h1-4,12-13H,5H2. The Hall–Kier alpha value is -0.835. The van der Waals surface area contributed by atoms with Crippen LogP contribution in [0.4, 0.5) is 0 Å². The zero-order valence-electron chi connectivity index (χ0n) is 6.77. The molecule has 0 saturated carbocycles. The van der Waals surface area contributed by atoms with Gasteiger partial charge in [-0.05, 0) is 22.6 Å². The Balaban J connectivity index is 2.85. The maximum absolute atomic E-state index is 10.5. The molecule has 0 bridgehead atoms. The van der Waals surface area contributed by atoms with E-state index in [1.165, 1.54) is 6.07 Å². The van der Waals surface area contributed by atoms with Crippen molar-refractivity contribution in [2.75, 3.05) is 0 Å². The molecule has 0 radical (unpaired) electrons. The van der Waals surface area contributed by atoms with Gasteiger partial charge in [0.15, 0.2) is 0 Å². The summed E-state index contributed by atoms with van der Waals surface area (Å²) in [4.78, 5) is 10.5. The summed E-state index contributed by atoms with van der Waals surface area (Å²) in [6.07, 6.45) is 0.0993. The molecule has 2 N–H and O–H groups in total. The number of carbonyl (C=O) groups is 1. The maximum Gasteiger partial charge on any atom is 0.488 e. The van der Waals surface area contributed by atoms with Gasteiger partial charge in [-0.3, -0.25) is 4.79 Å². The molecule has 0 fully saturated rings. The fraction of sp³-hybridized carbons (Fsp3) is 0.125. The van der Waals surface area contributed by atoms with Crippen LogP contribution in [0.1, 0.15) is 5.56 Å². The summed E-state index contributed by atoms with van der Waals surface area (Å²) in [5, 5.41) is 17.2. The van der Waals surface area contributed by atoms with Gasteiger partial charge in [-0.25, -0.2) is 0 Å². The van der Waals surface area contributed by atoms with Crippen LogP contribution in [-0.2, 0) is 11.2 Å². The zero-order valence-corrected chi connectivity index (χ0v) is 7.53. The van der Waals surface area contributed by atoms with E-state index < -0.39 is 12.4 Å². The first-order chi connectivity index (χ1) is 6.09. The van der Waals surface area contributed by atoms with Crippen LogP contribution in [0.3, 0.4) is 0 Å². The SMILES string of the molecule is O=C(Cl)Cc1cccc(B(O)O)c1. The van der Waals surface area contributed by atoms with Crippen LogP contribution >= 0.6 is 11.6 Å². The van der Waals surface area contributed by atoms with Gasteiger partial charge in [-0.2, -0.15) is 0 Å². The predicted octanol–water partition coefficient (Wildman–Crippen LogP) is -0.326. The molecule has 1 rings (SSSR count). The van der Waals surface area contributed by atoms with Crippen molar-refractivity contribution in [2.45, 2.75) is 6.42 Å². The summed E-state index contributed by atoms with van der Waals surface area (Å²) in [5.74, 6) is 0.